The molecule has 0 aromatic heterocycles. The molecule has 1 N–H and O–H groups in total. The molecule has 0 amide bonds. The zero-order chi connectivity index (χ0) is 15.8. The lowest BCUT2D eigenvalue weighted by Crippen LogP contribution is -2.46. The summed E-state index contributed by atoms with van der Waals surface area (Å²) in [5.74, 6) is 0.321. The van der Waals surface area contributed by atoms with Gasteiger partial charge in [-0.15, -0.1) is 6.58 Å². The van der Waals surface area contributed by atoms with Crippen LogP contribution < -0.4 is 5.32 Å². The van der Waals surface area contributed by atoms with Crippen LogP contribution in [0.25, 0.3) is 0 Å². The van der Waals surface area contributed by atoms with Crippen LogP contribution in [0.1, 0.15) is 38.2 Å². The van der Waals surface area contributed by atoms with E-state index in [2.05, 4.69) is 18.8 Å². The molecule has 1 aromatic carbocycles. The van der Waals surface area contributed by atoms with E-state index in [0.29, 0.717) is 18.4 Å². The van der Waals surface area contributed by atoms with Gasteiger partial charge >= 0.3 is 5.97 Å². The Balaban J connectivity index is 1.82. The third-order valence-corrected chi connectivity index (χ3v) is 4.33. The Morgan fingerprint density at radius 3 is 2.91 bits per heavy atom. The molecule has 0 radical (unpaired) electrons. The highest BCUT2D eigenvalue weighted by Crippen LogP contribution is 2.23. The highest BCUT2D eigenvalue weighted by Gasteiger charge is 2.30. The number of rotatable bonds is 7. The van der Waals surface area contributed by atoms with E-state index in [0.717, 1.165) is 32.2 Å². The third kappa shape index (κ3) is 5.30. The lowest BCUT2D eigenvalue weighted by Gasteiger charge is -2.35. The average molecular weight is 301 g/mol. The molecular weight excluding hydrogens is 274 g/mol. The van der Waals surface area contributed by atoms with Gasteiger partial charge in [0, 0.05) is 24.9 Å². The first-order valence-corrected chi connectivity index (χ1v) is 8.26. The molecule has 120 valence electrons. The van der Waals surface area contributed by atoms with E-state index in [9.17, 15) is 4.79 Å². The Morgan fingerprint density at radius 1 is 1.41 bits per heavy atom. The van der Waals surface area contributed by atoms with Crippen molar-refractivity contribution in [1.82, 2.24) is 5.32 Å². The van der Waals surface area contributed by atoms with Crippen molar-refractivity contribution in [3.8, 4) is 0 Å². The van der Waals surface area contributed by atoms with Gasteiger partial charge in [0.05, 0.1) is 0 Å². The van der Waals surface area contributed by atoms with Crippen molar-refractivity contribution in [3.05, 3.63) is 48.6 Å². The monoisotopic (exact) mass is 301 g/mol. The predicted molar refractivity (Wildman–Crippen MR) is 89.6 cm³/mol. The van der Waals surface area contributed by atoms with Crippen LogP contribution in [0.2, 0.25) is 0 Å². The number of aryl methyl sites for hydroxylation is 1. The smallest absolute Gasteiger partial charge is 0.306 e. The molecule has 2 rings (SSSR count). The number of ether oxygens (including phenoxy) is 1. The number of nitrogens with one attached hydrogen (secondary N) is 1. The van der Waals surface area contributed by atoms with Crippen LogP contribution in [0.3, 0.4) is 0 Å². The molecule has 1 fully saturated rings. The normalized spacial score (nSPS) is 24.7. The number of hydrogen-bond donors (Lipinski definition) is 1. The number of allylic oxidation sites excluding steroid dienone is 1. The van der Waals surface area contributed by atoms with Crippen molar-refractivity contribution in [1.29, 1.82) is 0 Å². The van der Waals surface area contributed by atoms with Gasteiger partial charge in [-0.2, -0.15) is 0 Å². The van der Waals surface area contributed by atoms with Gasteiger partial charge in [0.25, 0.3) is 0 Å². The molecule has 3 unspecified atom stereocenters. The minimum Gasteiger partial charge on any atom is -0.462 e. The van der Waals surface area contributed by atoms with Crippen molar-refractivity contribution >= 4 is 5.97 Å². The number of esters is 1. The lowest BCUT2D eigenvalue weighted by atomic mass is 9.88. The maximum Gasteiger partial charge on any atom is 0.306 e. The number of hydrogen-bond acceptors (Lipinski definition) is 3. The van der Waals surface area contributed by atoms with Crippen LogP contribution in [0.4, 0.5) is 0 Å². The van der Waals surface area contributed by atoms with Crippen molar-refractivity contribution in [2.45, 2.75) is 51.2 Å². The van der Waals surface area contributed by atoms with Crippen molar-refractivity contribution in [3.63, 3.8) is 0 Å². The first-order valence-electron chi connectivity index (χ1n) is 8.26. The third-order valence-electron chi connectivity index (χ3n) is 4.33. The molecule has 1 saturated heterocycles. The van der Waals surface area contributed by atoms with E-state index in [4.69, 9.17) is 4.74 Å². The molecule has 1 aliphatic rings. The maximum atomic E-state index is 12.1. The van der Waals surface area contributed by atoms with E-state index >= 15 is 0 Å². The standard InChI is InChI=1S/C19H27NO2/c1-3-4-10-17-14-20-15(2)13-18(17)22-19(21)12-11-16-8-6-5-7-9-16/h3,5-9,15,17-18,20H,1,4,10-14H2,2H3. The van der Waals surface area contributed by atoms with Gasteiger partial charge in [-0.1, -0.05) is 36.4 Å². The molecule has 0 spiro atoms. The fourth-order valence-corrected chi connectivity index (χ4v) is 2.99. The predicted octanol–water partition coefficient (Wildman–Crippen LogP) is 3.50. The zero-order valence-corrected chi connectivity index (χ0v) is 13.5. The summed E-state index contributed by atoms with van der Waals surface area (Å²) >= 11 is 0. The molecule has 0 saturated carbocycles. The van der Waals surface area contributed by atoms with Gasteiger partial charge in [0.15, 0.2) is 0 Å². The Morgan fingerprint density at radius 2 is 2.18 bits per heavy atom. The van der Waals surface area contributed by atoms with Crippen LogP contribution in [0.5, 0.6) is 0 Å². The van der Waals surface area contributed by atoms with Gasteiger partial charge < -0.3 is 10.1 Å². The highest BCUT2D eigenvalue weighted by atomic mass is 16.5. The fraction of sp³-hybridized carbons (Fsp3) is 0.526. The van der Waals surface area contributed by atoms with Gasteiger partial charge in [0.2, 0.25) is 0 Å². The average Bonchev–Trinajstić information content (AvgIpc) is 2.53. The number of piperidine rings is 1. The topological polar surface area (TPSA) is 38.3 Å². The van der Waals surface area contributed by atoms with Crippen molar-refractivity contribution in [2.24, 2.45) is 5.92 Å². The molecule has 0 bridgehead atoms. The van der Waals surface area contributed by atoms with Gasteiger partial charge in [-0.3, -0.25) is 4.79 Å². The first-order chi connectivity index (χ1) is 10.7. The molecule has 3 heteroatoms. The SMILES string of the molecule is C=CCCC1CNC(C)CC1OC(=O)CCc1ccccc1. The summed E-state index contributed by atoms with van der Waals surface area (Å²) in [4.78, 5) is 12.1. The molecule has 1 aliphatic heterocycles. The maximum absolute atomic E-state index is 12.1. The summed E-state index contributed by atoms with van der Waals surface area (Å²) in [6.45, 7) is 6.85. The van der Waals surface area contributed by atoms with E-state index in [1.54, 1.807) is 0 Å². The largest absolute Gasteiger partial charge is 0.462 e. The van der Waals surface area contributed by atoms with Gasteiger partial charge in [-0.25, -0.2) is 0 Å². The van der Waals surface area contributed by atoms with Crippen molar-refractivity contribution in [2.75, 3.05) is 6.54 Å². The quantitative estimate of drug-likeness (QED) is 0.619. The van der Waals surface area contributed by atoms with E-state index in [1.807, 2.05) is 36.4 Å². The number of carbonyl (C=O) groups excluding carboxylic acids is 1. The fourth-order valence-electron chi connectivity index (χ4n) is 2.99. The van der Waals surface area contributed by atoms with E-state index in [-0.39, 0.29) is 12.1 Å². The Bertz CT molecular complexity index is 472. The van der Waals surface area contributed by atoms with Crippen LogP contribution in [0, 0.1) is 5.92 Å². The molecule has 1 aromatic rings. The van der Waals surface area contributed by atoms with Crippen LogP contribution >= 0.6 is 0 Å². The van der Waals surface area contributed by atoms with Crippen LogP contribution in [0.15, 0.2) is 43.0 Å². The molecular formula is C19H27NO2. The Kier molecular flexibility index (Phi) is 6.66. The van der Waals surface area contributed by atoms with Crippen LogP contribution in [-0.4, -0.2) is 24.7 Å². The Labute approximate surface area is 133 Å². The van der Waals surface area contributed by atoms with Gasteiger partial charge in [0.1, 0.15) is 6.10 Å². The molecule has 3 atom stereocenters. The molecule has 0 aliphatic carbocycles. The second-order valence-corrected chi connectivity index (χ2v) is 6.19. The van der Waals surface area contributed by atoms with Crippen LogP contribution in [-0.2, 0) is 16.0 Å². The number of carbonyl (C=O) groups is 1. The van der Waals surface area contributed by atoms with Crippen molar-refractivity contribution < 1.29 is 9.53 Å². The minimum atomic E-state index is -0.0773. The summed E-state index contributed by atoms with van der Waals surface area (Å²) in [7, 11) is 0. The number of benzene rings is 1. The second kappa shape index (κ2) is 8.74. The lowest BCUT2D eigenvalue weighted by molar-refractivity contribution is -0.153. The first kappa shape index (κ1) is 16.8. The molecule has 3 nitrogen and oxygen atoms in total. The highest BCUT2D eigenvalue weighted by molar-refractivity contribution is 5.70. The minimum absolute atomic E-state index is 0.0412. The Hall–Kier alpha value is -1.61. The van der Waals surface area contributed by atoms with E-state index < -0.39 is 0 Å². The molecule has 1 heterocycles. The zero-order valence-electron chi connectivity index (χ0n) is 13.5. The molecule has 22 heavy (non-hydrogen) atoms. The summed E-state index contributed by atoms with van der Waals surface area (Å²) in [6.07, 6.45) is 6.08. The summed E-state index contributed by atoms with van der Waals surface area (Å²) < 4.78 is 5.78. The van der Waals surface area contributed by atoms with E-state index in [1.165, 1.54) is 5.56 Å². The summed E-state index contributed by atoms with van der Waals surface area (Å²) in [5, 5.41) is 3.48. The second-order valence-electron chi connectivity index (χ2n) is 6.19. The summed E-state index contributed by atoms with van der Waals surface area (Å²) in [6, 6.07) is 10.5. The van der Waals surface area contributed by atoms with Gasteiger partial charge in [-0.05, 0) is 38.2 Å². The summed E-state index contributed by atoms with van der Waals surface area (Å²) in [5.41, 5.74) is 1.18.